The molecule has 0 saturated carbocycles. The first-order chi connectivity index (χ1) is 10.1. The van der Waals surface area contributed by atoms with E-state index in [1.54, 1.807) is 0 Å². The van der Waals surface area contributed by atoms with Crippen LogP contribution in [0, 0.1) is 0 Å². The summed E-state index contributed by atoms with van der Waals surface area (Å²) in [4.78, 5) is 2.36. The molecule has 1 aromatic heterocycles. The predicted molar refractivity (Wildman–Crippen MR) is 90.9 cm³/mol. The number of nitrogens with zero attached hydrogens (tertiary/aromatic N) is 2. The van der Waals surface area contributed by atoms with Crippen LogP contribution < -0.4 is 14.8 Å². The third kappa shape index (κ3) is 2.48. The normalized spacial score (nSPS) is 13.8. The van der Waals surface area contributed by atoms with Crippen LogP contribution in [-0.2, 0) is 7.05 Å². The Morgan fingerprint density at radius 3 is 2.67 bits per heavy atom. The van der Waals surface area contributed by atoms with Crippen LogP contribution in [0.1, 0.15) is 30.9 Å². The maximum absolute atomic E-state index is 2.36. The number of pyridine rings is 1. The van der Waals surface area contributed by atoms with Gasteiger partial charge in [-0.2, -0.15) is 0 Å². The third-order valence-electron chi connectivity index (χ3n) is 4.36. The van der Waals surface area contributed by atoms with E-state index in [0.717, 1.165) is 0 Å². The van der Waals surface area contributed by atoms with Crippen molar-refractivity contribution in [3.63, 3.8) is 0 Å². The van der Waals surface area contributed by atoms with Gasteiger partial charge in [0.1, 0.15) is 0 Å². The molecule has 2 aromatic rings. The van der Waals surface area contributed by atoms with Crippen LogP contribution in [0.4, 0.5) is 5.82 Å². The highest BCUT2D eigenvalue weighted by Gasteiger charge is 2.33. The van der Waals surface area contributed by atoms with E-state index in [1.807, 2.05) is 0 Å². The van der Waals surface area contributed by atoms with E-state index in [1.165, 1.54) is 22.4 Å². The Morgan fingerprint density at radius 2 is 1.90 bits per heavy atom. The maximum atomic E-state index is 2.36. The van der Waals surface area contributed by atoms with Crippen molar-refractivity contribution in [1.29, 1.82) is 0 Å². The minimum absolute atomic E-state index is 0.347. The van der Waals surface area contributed by atoms with Crippen molar-refractivity contribution >= 4 is 24.2 Å². The molecule has 2 nitrogen and oxygen atoms in total. The Balaban J connectivity index is 2.05. The Morgan fingerprint density at radius 1 is 1.14 bits per heavy atom. The van der Waals surface area contributed by atoms with Gasteiger partial charge in [0.15, 0.2) is 0 Å². The summed E-state index contributed by atoms with van der Waals surface area (Å²) in [5, 5.41) is 0. The van der Waals surface area contributed by atoms with Crippen molar-refractivity contribution in [3.8, 4) is 0 Å². The molecule has 0 radical (unpaired) electrons. The molecule has 1 aromatic carbocycles. The van der Waals surface area contributed by atoms with Crippen molar-refractivity contribution in [1.82, 2.24) is 0 Å². The predicted octanol–water partition coefficient (Wildman–Crippen LogP) is 2.95. The summed E-state index contributed by atoms with van der Waals surface area (Å²) in [6, 6.07) is 13.1. The second-order valence-corrected chi connectivity index (χ2v) is 6.11. The molecule has 0 aliphatic carbocycles. The van der Waals surface area contributed by atoms with Crippen LogP contribution in [0.25, 0.3) is 6.08 Å². The van der Waals surface area contributed by atoms with Gasteiger partial charge >= 0.3 is 6.85 Å². The van der Waals surface area contributed by atoms with Gasteiger partial charge in [-0.1, -0.05) is 38.1 Å². The Labute approximate surface area is 127 Å². The van der Waals surface area contributed by atoms with Crippen LogP contribution >= 0.6 is 0 Å². The lowest BCUT2D eigenvalue weighted by Crippen LogP contribution is -2.51. The standard InChI is InChI=1S/C18H22BN2/c1-14(2)16-9-11-20(4)18(13-16)21-12-10-15-7-5-6-8-17(15)19(21)3/h5-14H,1-4H3/q+1. The number of hydrogen-bond acceptors (Lipinski definition) is 1. The number of fused-ring (bicyclic) bond motifs is 1. The summed E-state index contributed by atoms with van der Waals surface area (Å²) in [5.74, 6) is 1.78. The summed E-state index contributed by atoms with van der Waals surface area (Å²) >= 11 is 0. The van der Waals surface area contributed by atoms with Gasteiger partial charge < -0.3 is 0 Å². The molecular weight excluding hydrogens is 255 g/mol. The third-order valence-corrected chi connectivity index (χ3v) is 4.36. The van der Waals surface area contributed by atoms with Crippen molar-refractivity contribution in [2.24, 2.45) is 7.05 Å². The van der Waals surface area contributed by atoms with Gasteiger partial charge in [-0.05, 0) is 41.5 Å². The molecule has 0 atom stereocenters. The lowest BCUT2D eigenvalue weighted by Gasteiger charge is -2.24. The molecule has 21 heavy (non-hydrogen) atoms. The van der Waals surface area contributed by atoms with Gasteiger partial charge in [-0.3, -0.25) is 4.81 Å². The zero-order valence-electron chi connectivity index (χ0n) is 13.2. The summed E-state index contributed by atoms with van der Waals surface area (Å²) in [6.07, 6.45) is 6.57. The fourth-order valence-corrected chi connectivity index (χ4v) is 2.95. The van der Waals surface area contributed by atoms with Gasteiger partial charge in [0.2, 0.25) is 0 Å². The fraction of sp³-hybridized carbons (Fsp3) is 0.278. The molecule has 2 heterocycles. The van der Waals surface area contributed by atoms with Gasteiger partial charge in [-0.25, -0.2) is 4.57 Å². The van der Waals surface area contributed by atoms with E-state index in [4.69, 9.17) is 0 Å². The van der Waals surface area contributed by atoms with Crippen LogP contribution in [0.2, 0.25) is 6.82 Å². The van der Waals surface area contributed by atoms with E-state index < -0.39 is 0 Å². The first kappa shape index (κ1) is 13.9. The van der Waals surface area contributed by atoms with Gasteiger partial charge in [-0.15, -0.1) is 0 Å². The first-order valence-corrected chi connectivity index (χ1v) is 7.63. The van der Waals surface area contributed by atoms with Crippen molar-refractivity contribution < 1.29 is 4.57 Å². The number of rotatable bonds is 2. The smallest absolute Gasteiger partial charge is 0.293 e. The zero-order chi connectivity index (χ0) is 15.0. The van der Waals surface area contributed by atoms with Crippen molar-refractivity contribution in [2.75, 3.05) is 4.81 Å². The Kier molecular flexibility index (Phi) is 3.58. The molecule has 0 spiro atoms. The van der Waals surface area contributed by atoms with Gasteiger partial charge in [0.25, 0.3) is 5.82 Å². The molecule has 0 fully saturated rings. The Hall–Kier alpha value is -2.03. The topological polar surface area (TPSA) is 7.12 Å². The highest BCUT2D eigenvalue weighted by molar-refractivity contribution is 6.77. The average Bonchev–Trinajstić information content (AvgIpc) is 2.49. The number of aromatic nitrogens is 1. The summed E-state index contributed by atoms with van der Waals surface area (Å²) < 4.78 is 2.20. The summed E-state index contributed by atoms with van der Waals surface area (Å²) in [7, 11) is 2.11. The molecule has 106 valence electrons. The quantitative estimate of drug-likeness (QED) is 0.604. The van der Waals surface area contributed by atoms with E-state index >= 15 is 0 Å². The number of anilines is 1. The minimum Gasteiger partial charge on any atom is -0.293 e. The van der Waals surface area contributed by atoms with Crippen LogP contribution in [-0.4, -0.2) is 6.85 Å². The highest BCUT2D eigenvalue weighted by Crippen LogP contribution is 2.21. The van der Waals surface area contributed by atoms with Gasteiger partial charge in [0, 0.05) is 6.07 Å². The number of aryl methyl sites for hydroxylation is 1. The number of hydrogen-bond donors (Lipinski definition) is 0. The fourth-order valence-electron chi connectivity index (χ4n) is 2.95. The van der Waals surface area contributed by atoms with Crippen LogP contribution in [0.15, 0.2) is 48.8 Å². The molecule has 1 aliphatic rings. The molecular formula is C18H22BN2+. The first-order valence-electron chi connectivity index (χ1n) is 7.63. The molecule has 3 rings (SSSR count). The maximum Gasteiger partial charge on any atom is 0.409 e. The van der Waals surface area contributed by atoms with Crippen LogP contribution in [0.5, 0.6) is 0 Å². The molecule has 0 saturated heterocycles. The summed E-state index contributed by atoms with van der Waals surface area (Å²) in [6.45, 7) is 7.10. The van der Waals surface area contributed by atoms with E-state index in [-0.39, 0.29) is 0 Å². The van der Waals surface area contributed by atoms with E-state index in [0.29, 0.717) is 12.8 Å². The molecule has 1 aliphatic heterocycles. The van der Waals surface area contributed by atoms with E-state index in [9.17, 15) is 0 Å². The summed E-state index contributed by atoms with van der Waals surface area (Å²) in [5.41, 5.74) is 4.08. The van der Waals surface area contributed by atoms with Gasteiger partial charge in [0.05, 0.1) is 19.4 Å². The average molecular weight is 277 g/mol. The van der Waals surface area contributed by atoms with Crippen molar-refractivity contribution in [3.05, 3.63) is 59.9 Å². The molecule has 0 bridgehead atoms. The lowest BCUT2D eigenvalue weighted by molar-refractivity contribution is -0.658. The molecule has 3 heteroatoms. The molecule has 0 unspecified atom stereocenters. The SMILES string of the molecule is CB1c2ccccc2C=CN1c1cc(C(C)C)cc[n+]1C. The highest BCUT2D eigenvalue weighted by atomic mass is 15.2. The second kappa shape index (κ2) is 5.40. The monoisotopic (exact) mass is 277 g/mol. The van der Waals surface area contributed by atoms with Crippen molar-refractivity contribution in [2.45, 2.75) is 26.6 Å². The molecule has 0 N–H and O–H groups in total. The Bertz CT molecular complexity index is 691. The lowest BCUT2D eigenvalue weighted by atomic mass is 9.54. The molecule has 0 amide bonds. The largest absolute Gasteiger partial charge is 0.409 e. The second-order valence-electron chi connectivity index (χ2n) is 6.11. The minimum atomic E-state index is 0.347. The van der Waals surface area contributed by atoms with Crippen LogP contribution in [0.3, 0.4) is 0 Å². The zero-order valence-corrected chi connectivity index (χ0v) is 13.2. The van der Waals surface area contributed by atoms with E-state index in [2.05, 4.69) is 92.0 Å². The number of benzene rings is 1.